The van der Waals surface area contributed by atoms with Gasteiger partial charge in [-0.25, -0.2) is 14.4 Å². The van der Waals surface area contributed by atoms with Gasteiger partial charge in [0.15, 0.2) is 0 Å². The van der Waals surface area contributed by atoms with Crippen molar-refractivity contribution < 1.29 is 9.13 Å². The Morgan fingerprint density at radius 3 is 2.53 bits per heavy atom. The summed E-state index contributed by atoms with van der Waals surface area (Å²) >= 11 is 12.3. The van der Waals surface area contributed by atoms with E-state index < -0.39 is 11.9 Å². The molecule has 1 N–H and O–H groups in total. The van der Waals surface area contributed by atoms with Crippen molar-refractivity contribution in [2.75, 3.05) is 31.1 Å². The van der Waals surface area contributed by atoms with E-state index in [-0.39, 0.29) is 5.02 Å². The number of hydrogen-bond acceptors (Lipinski definition) is 6. The first-order chi connectivity index (χ1) is 14.5. The number of rotatable bonds is 5. The van der Waals surface area contributed by atoms with E-state index in [1.807, 2.05) is 6.07 Å². The number of nitrogens with zero attached hydrogens (tertiary/aromatic N) is 4. The summed E-state index contributed by atoms with van der Waals surface area (Å²) in [5.41, 5.74) is 2.02. The van der Waals surface area contributed by atoms with Crippen LogP contribution in [0.25, 0.3) is 11.1 Å². The molecular formula is C21H20Cl2FN5O. The van der Waals surface area contributed by atoms with E-state index in [1.165, 1.54) is 12.1 Å². The molecule has 1 atom stereocenters. The third-order valence-electron chi connectivity index (χ3n) is 4.88. The lowest BCUT2D eigenvalue weighted by molar-refractivity contribution is 0.226. The maximum Gasteiger partial charge on any atom is 0.225 e. The average Bonchev–Trinajstić information content (AvgIpc) is 2.77. The predicted octanol–water partition coefficient (Wildman–Crippen LogP) is 4.53. The standard InChI is InChI=1S/C21H20Cl2FN5O/c1-13(19-17(22)2-3-18(24)20(19)23)30-16-8-14(9-26-12-16)15-10-27-21(28-11-15)29-6-4-25-5-7-29/h2-3,8-13,25H,4-7H2,1H3/t13-/m1/s1. The lowest BCUT2D eigenvalue weighted by Gasteiger charge is -2.27. The van der Waals surface area contributed by atoms with Gasteiger partial charge in [-0.05, 0) is 25.1 Å². The normalized spacial score (nSPS) is 15.1. The van der Waals surface area contributed by atoms with Gasteiger partial charge in [0.2, 0.25) is 5.95 Å². The van der Waals surface area contributed by atoms with E-state index in [2.05, 4.69) is 25.2 Å². The van der Waals surface area contributed by atoms with Crippen LogP contribution in [0.15, 0.2) is 43.0 Å². The Morgan fingerprint density at radius 1 is 1.07 bits per heavy atom. The summed E-state index contributed by atoms with van der Waals surface area (Å²) in [7, 11) is 0. The number of aromatic nitrogens is 3. The fourth-order valence-corrected chi connectivity index (χ4v) is 4.00. The summed E-state index contributed by atoms with van der Waals surface area (Å²) in [5, 5.41) is 3.61. The summed E-state index contributed by atoms with van der Waals surface area (Å²) in [6, 6.07) is 4.52. The SMILES string of the molecule is C[C@@H](Oc1cncc(-c2cnc(N3CCNCC3)nc2)c1)c1c(Cl)ccc(F)c1Cl. The molecule has 0 unspecified atom stereocenters. The smallest absolute Gasteiger partial charge is 0.225 e. The minimum absolute atomic E-state index is 0.0454. The van der Waals surface area contributed by atoms with Gasteiger partial charge in [0.05, 0.1) is 11.2 Å². The van der Waals surface area contributed by atoms with Crippen LogP contribution in [0.2, 0.25) is 10.0 Å². The largest absolute Gasteiger partial charge is 0.484 e. The van der Waals surface area contributed by atoms with E-state index in [0.29, 0.717) is 22.3 Å². The number of hydrogen-bond donors (Lipinski definition) is 1. The molecule has 0 bridgehead atoms. The highest BCUT2D eigenvalue weighted by atomic mass is 35.5. The van der Waals surface area contributed by atoms with Gasteiger partial charge in [-0.1, -0.05) is 23.2 Å². The molecule has 30 heavy (non-hydrogen) atoms. The quantitative estimate of drug-likeness (QED) is 0.579. The van der Waals surface area contributed by atoms with Crippen molar-refractivity contribution in [3.05, 3.63) is 64.4 Å². The first-order valence-electron chi connectivity index (χ1n) is 9.56. The highest BCUT2D eigenvalue weighted by molar-refractivity contribution is 6.36. The first kappa shape index (κ1) is 20.8. The number of nitrogens with one attached hydrogen (secondary N) is 1. The first-order valence-corrected chi connectivity index (χ1v) is 10.3. The maximum absolute atomic E-state index is 13.8. The fraction of sp³-hybridized carbons (Fsp3) is 0.286. The van der Waals surface area contributed by atoms with Crippen molar-refractivity contribution in [3.8, 4) is 16.9 Å². The molecule has 1 saturated heterocycles. The zero-order chi connectivity index (χ0) is 21.1. The van der Waals surface area contributed by atoms with Crippen LogP contribution in [0.5, 0.6) is 5.75 Å². The van der Waals surface area contributed by atoms with Crippen LogP contribution < -0.4 is 15.0 Å². The van der Waals surface area contributed by atoms with Crippen molar-refractivity contribution in [1.29, 1.82) is 0 Å². The lowest BCUT2D eigenvalue weighted by Crippen LogP contribution is -2.44. The molecule has 156 valence electrons. The van der Waals surface area contributed by atoms with Gasteiger partial charge in [-0.2, -0.15) is 0 Å². The van der Waals surface area contributed by atoms with Crippen LogP contribution in [0.3, 0.4) is 0 Å². The van der Waals surface area contributed by atoms with E-state index in [1.54, 1.807) is 31.7 Å². The van der Waals surface area contributed by atoms with E-state index in [9.17, 15) is 4.39 Å². The molecular weight excluding hydrogens is 428 g/mol. The molecule has 4 rings (SSSR count). The molecule has 1 aliphatic rings. The van der Waals surface area contributed by atoms with Crippen LogP contribution >= 0.6 is 23.2 Å². The van der Waals surface area contributed by atoms with Gasteiger partial charge in [0.1, 0.15) is 17.7 Å². The van der Waals surface area contributed by atoms with Gasteiger partial charge in [0.25, 0.3) is 0 Å². The summed E-state index contributed by atoms with van der Waals surface area (Å²) in [5.74, 6) is 0.673. The van der Waals surface area contributed by atoms with Gasteiger partial charge in [0, 0.05) is 66.5 Å². The molecule has 1 fully saturated rings. The second-order valence-electron chi connectivity index (χ2n) is 6.94. The number of pyridine rings is 1. The molecule has 1 aliphatic heterocycles. The third-order valence-corrected chi connectivity index (χ3v) is 5.60. The van der Waals surface area contributed by atoms with Crippen molar-refractivity contribution in [3.63, 3.8) is 0 Å². The number of ether oxygens (including phenoxy) is 1. The molecule has 3 heterocycles. The molecule has 6 nitrogen and oxygen atoms in total. The molecule has 0 radical (unpaired) electrons. The van der Waals surface area contributed by atoms with Gasteiger partial charge in [-0.3, -0.25) is 4.98 Å². The molecule has 0 amide bonds. The number of halogens is 3. The highest BCUT2D eigenvalue weighted by Crippen LogP contribution is 2.35. The maximum atomic E-state index is 13.8. The Kier molecular flexibility index (Phi) is 6.32. The minimum atomic E-state index is -0.566. The summed E-state index contributed by atoms with van der Waals surface area (Å²) in [6.45, 7) is 5.36. The van der Waals surface area contributed by atoms with Crippen molar-refractivity contribution in [2.24, 2.45) is 0 Å². The van der Waals surface area contributed by atoms with Crippen molar-refractivity contribution >= 4 is 29.2 Å². The average molecular weight is 448 g/mol. The molecule has 2 aromatic heterocycles. The molecule has 9 heteroatoms. The summed E-state index contributed by atoms with van der Waals surface area (Å²) in [4.78, 5) is 15.4. The topological polar surface area (TPSA) is 63.2 Å². The Balaban J connectivity index is 1.52. The van der Waals surface area contributed by atoms with Crippen LogP contribution in [0, 0.1) is 5.82 Å². The van der Waals surface area contributed by atoms with E-state index in [0.717, 1.165) is 37.3 Å². The summed E-state index contributed by atoms with van der Waals surface area (Å²) in [6.07, 6.45) is 6.27. The lowest BCUT2D eigenvalue weighted by atomic mass is 10.1. The molecule has 0 spiro atoms. The van der Waals surface area contributed by atoms with Crippen LogP contribution in [0.4, 0.5) is 10.3 Å². The number of piperazine rings is 1. The Bertz CT molecular complexity index is 1030. The van der Waals surface area contributed by atoms with Crippen molar-refractivity contribution in [1.82, 2.24) is 20.3 Å². The van der Waals surface area contributed by atoms with Gasteiger partial charge in [-0.15, -0.1) is 0 Å². The Morgan fingerprint density at radius 2 is 1.80 bits per heavy atom. The molecule has 0 aliphatic carbocycles. The van der Waals surface area contributed by atoms with Gasteiger partial charge >= 0.3 is 0 Å². The van der Waals surface area contributed by atoms with E-state index in [4.69, 9.17) is 27.9 Å². The second kappa shape index (κ2) is 9.12. The predicted molar refractivity (Wildman–Crippen MR) is 116 cm³/mol. The minimum Gasteiger partial charge on any atom is -0.484 e. The Hall–Kier alpha value is -2.48. The highest BCUT2D eigenvalue weighted by Gasteiger charge is 2.19. The number of anilines is 1. The molecule has 0 saturated carbocycles. The fourth-order valence-electron chi connectivity index (χ4n) is 3.32. The molecule has 3 aromatic rings. The Labute approximate surface area is 184 Å². The van der Waals surface area contributed by atoms with E-state index >= 15 is 0 Å². The summed E-state index contributed by atoms with van der Waals surface area (Å²) < 4.78 is 19.8. The van der Waals surface area contributed by atoms with Crippen molar-refractivity contribution in [2.45, 2.75) is 13.0 Å². The third kappa shape index (κ3) is 4.48. The monoisotopic (exact) mass is 447 g/mol. The number of benzene rings is 1. The second-order valence-corrected chi connectivity index (χ2v) is 7.72. The van der Waals surface area contributed by atoms with Gasteiger partial charge < -0.3 is 15.0 Å². The molecule has 1 aromatic carbocycles. The van der Waals surface area contributed by atoms with Crippen LogP contribution in [0.1, 0.15) is 18.6 Å². The zero-order valence-corrected chi connectivity index (χ0v) is 17.8. The van der Waals surface area contributed by atoms with Crippen LogP contribution in [-0.4, -0.2) is 41.1 Å². The van der Waals surface area contributed by atoms with Crippen LogP contribution in [-0.2, 0) is 0 Å². The zero-order valence-electron chi connectivity index (χ0n) is 16.3.